The number of nitrogens with one attached hydrogen (secondary N) is 3. The molecule has 0 radical (unpaired) electrons. The van der Waals surface area contributed by atoms with Crippen molar-refractivity contribution < 1.29 is 14.4 Å². The van der Waals surface area contributed by atoms with Crippen LogP contribution in [0.2, 0.25) is 0 Å². The molecule has 8 heteroatoms. The highest BCUT2D eigenvalue weighted by molar-refractivity contribution is 6.35. The van der Waals surface area contributed by atoms with Gasteiger partial charge in [-0.05, 0) is 32.1 Å². The third-order valence-corrected chi connectivity index (χ3v) is 4.15. The predicted molar refractivity (Wildman–Crippen MR) is 118 cm³/mol. The first kappa shape index (κ1) is 21.5. The summed E-state index contributed by atoms with van der Waals surface area (Å²) in [5.74, 6) is -2.36. The van der Waals surface area contributed by atoms with Gasteiger partial charge >= 0.3 is 11.8 Å². The van der Waals surface area contributed by atoms with Gasteiger partial charge < -0.3 is 5.32 Å². The van der Waals surface area contributed by atoms with Gasteiger partial charge in [0.25, 0.3) is 5.91 Å². The Morgan fingerprint density at radius 3 is 2.19 bits per heavy atom. The number of hydrazine groups is 1. The lowest BCUT2D eigenvalue weighted by Crippen LogP contribution is -2.49. The summed E-state index contributed by atoms with van der Waals surface area (Å²) in [4.78, 5) is 35.4. The van der Waals surface area contributed by atoms with Crippen LogP contribution < -0.4 is 16.2 Å². The van der Waals surface area contributed by atoms with E-state index in [0.717, 1.165) is 11.3 Å². The van der Waals surface area contributed by atoms with Crippen LogP contribution in [-0.4, -0.2) is 33.5 Å². The van der Waals surface area contributed by atoms with Crippen molar-refractivity contribution in [3.05, 3.63) is 78.5 Å². The molecule has 3 amide bonds. The lowest BCUT2D eigenvalue weighted by atomic mass is 10.1. The number of aromatic nitrogens is 2. The van der Waals surface area contributed by atoms with Gasteiger partial charge in [-0.3, -0.25) is 25.2 Å². The zero-order valence-corrected chi connectivity index (χ0v) is 17.2. The Kier molecular flexibility index (Phi) is 6.95. The van der Waals surface area contributed by atoms with Crippen LogP contribution >= 0.6 is 0 Å². The van der Waals surface area contributed by atoms with Crippen LogP contribution in [0.15, 0.2) is 72.9 Å². The Bertz CT molecular complexity index is 1090. The highest BCUT2D eigenvalue weighted by Crippen LogP contribution is 2.24. The molecule has 31 heavy (non-hydrogen) atoms. The molecule has 3 N–H and O–H groups in total. The first-order valence-electron chi connectivity index (χ1n) is 9.73. The molecule has 3 rings (SSSR count). The smallest absolute Gasteiger partial charge is 0.327 e. The molecule has 0 bridgehead atoms. The van der Waals surface area contributed by atoms with E-state index in [4.69, 9.17) is 0 Å². The van der Waals surface area contributed by atoms with Gasteiger partial charge in [0.2, 0.25) is 0 Å². The first-order chi connectivity index (χ1) is 14.9. The minimum absolute atomic E-state index is 0.189. The molecule has 8 nitrogen and oxygen atoms in total. The van der Waals surface area contributed by atoms with E-state index in [1.807, 2.05) is 66.9 Å². The molecule has 0 spiro atoms. The normalized spacial score (nSPS) is 10.8. The minimum Gasteiger partial charge on any atom is -0.346 e. The van der Waals surface area contributed by atoms with Crippen LogP contribution in [0.4, 0.5) is 0 Å². The van der Waals surface area contributed by atoms with Crippen LogP contribution in [0.5, 0.6) is 0 Å². The molecule has 0 aliphatic heterocycles. The van der Waals surface area contributed by atoms with Gasteiger partial charge in [0.1, 0.15) is 0 Å². The molecule has 0 aliphatic carbocycles. The summed E-state index contributed by atoms with van der Waals surface area (Å²) in [6.45, 7) is 3.46. The van der Waals surface area contributed by atoms with Crippen molar-refractivity contribution in [2.24, 2.45) is 0 Å². The van der Waals surface area contributed by atoms with Crippen LogP contribution in [-0.2, 0) is 14.4 Å². The second-order valence-corrected chi connectivity index (χ2v) is 6.98. The maximum Gasteiger partial charge on any atom is 0.327 e. The Labute approximate surface area is 179 Å². The van der Waals surface area contributed by atoms with Gasteiger partial charge in [0, 0.05) is 29.4 Å². The van der Waals surface area contributed by atoms with Gasteiger partial charge in [-0.15, -0.1) is 0 Å². The minimum atomic E-state index is -0.947. The van der Waals surface area contributed by atoms with Crippen LogP contribution in [0.25, 0.3) is 23.0 Å². The number of hydrogen-bond acceptors (Lipinski definition) is 4. The lowest BCUT2D eigenvalue weighted by molar-refractivity contribution is -0.140. The van der Waals surface area contributed by atoms with Gasteiger partial charge in [0.15, 0.2) is 0 Å². The lowest BCUT2D eigenvalue weighted by Gasteiger charge is -2.08. The fraction of sp³-hybridized carbons (Fsp3) is 0.130. The Morgan fingerprint density at radius 1 is 0.903 bits per heavy atom. The topological polar surface area (TPSA) is 105 Å². The zero-order chi connectivity index (χ0) is 22.2. The Morgan fingerprint density at radius 2 is 1.55 bits per heavy atom. The molecule has 3 aromatic rings. The summed E-state index contributed by atoms with van der Waals surface area (Å²) in [6.07, 6.45) is 4.68. The summed E-state index contributed by atoms with van der Waals surface area (Å²) in [5, 5.41) is 7.10. The number of hydrogen-bond donors (Lipinski definition) is 3. The van der Waals surface area contributed by atoms with Gasteiger partial charge in [-0.1, -0.05) is 48.5 Å². The van der Waals surface area contributed by atoms with E-state index in [0.29, 0.717) is 11.3 Å². The molecule has 1 heterocycles. The average Bonchev–Trinajstić information content (AvgIpc) is 3.21. The molecule has 0 saturated heterocycles. The Hall–Kier alpha value is -4.20. The van der Waals surface area contributed by atoms with E-state index in [9.17, 15) is 14.4 Å². The quantitative estimate of drug-likeness (QED) is 0.336. The maximum atomic E-state index is 12.1. The summed E-state index contributed by atoms with van der Waals surface area (Å²) in [7, 11) is 0. The standard InChI is InChI=1S/C23H23N5O3/c1-16(2)24-22(30)23(31)26-25-20(29)14-13-18-15-28(19-11-7-4-8-12-19)27-21(18)17-9-5-3-6-10-17/h3-16H,1-2H3,(H,24,30)(H,25,29)(H,26,31)/b14-13+. The predicted octanol–water partition coefficient (Wildman–Crippen LogP) is 2.22. The highest BCUT2D eigenvalue weighted by Gasteiger charge is 2.15. The molecule has 1 aromatic heterocycles. The van der Waals surface area contributed by atoms with E-state index < -0.39 is 17.7 Å². The van der Waals surface area contributed by atoms with Crippen molar-refractivity contribution in [2.45, 2.75) is 19.9 Å². The second-order valence-electron chi connectivity index (χ2n) is 6.98. The third-order valence-electron chi connectivity index (χ3n) is 4.15. The highest BCUT2D eigenvalue weighted by atomic mass is 16.2. The molecule has 0 unspecified atom stereocenters. The number of nitrogens with zero attached hydrogens (tertiary/aromatic N) is 2. The number of rotatable bonds is 5. The van der Waals surface area contributed by atoms with Crippen molar-refractivity contribution in [3.8, 4) is 16.9 Å². The van der Waals surface area contributed by atoms with Crippen molar-refractivity contribution in [3.63, 3.8) is 0 Å². The first-order valence-corrected chi connectivity index (χ1v) is 9.73. The van der Waals surface area contributed by atoms with E-state index in [-0.39, 0.29) is 6.04 Å². The van der Waals surface area contributed by atoms with Gasteiger partial charge in [-0.25, -0.2) is 4.68 Å². The monoisotopic (exact) mass is 417 g/mol. The maximum absolute atomic E-state index is 12.1. The number of carbonyl (C=O) groups is 3. The summed E-state index contributed by atoms with van der Waals surface area (Å²) < 4.78 is 1.73. The SMILES string of the molecule is CC(C)NC(=O)C(=O)NNC(=O)/C=C/c1cn(-c2ccccc2)nc1-c1ccccc1. The molecular weight excluding hydrogens is 394 g/mol. The average molecular weight is 417 g/mol. The van der Waals surface area contributed by atoms with E-state index in [1.54, 1.807) is 24.6 Å². The van der Waals surface area contributed by atoms with E-state index >= 15 is 0 Å². The molecular formula is C23H23N5O3. The van der Waals surface area contributed by atoms with Gasteiger partial charge in [0.05, 0.1) is 11.4 Å². The van der Waals surface area contributed by atoms with Crippen LogP contribution in [0.3, 0.4) is 0 Å². The molecule has 0 atom stereocenters. The van der Waals surface area contributed by atoms with Crippen molar-refractivity contribution in [1.29, 1.82) is 0 Å². The number of benzene rings is 2. The van der Waals surface area contributed by atoms with Crippen LogP contribution in [0, 0.1) is 0 Å². The molecule has 2 aromatic carbocycles. The number of carbonyl (C=O) groups excluding carboxylic acids is 3. The molecule has 0 saturated carbocycles. The summed E-state index contributed by atoms with van der Waals surface area (Å²) in [6, 6.07) is 19.0. The van der Waals surface area contributed by atoms with Crippen LogP contribution in [0.1, 0.15) is 19.4 Å². The Balaban J connectivity index is 1.76. The molecule has 0 aliphatic rings. The fourth-order valence-electron chi connectivity index (χ4n) is 2.75. The van der Waals surface area contributed by atoms with Crippen molar-refractivity contribution in [2.75, 3.05) is 0 Å². The van der Waals surface area contributed by atoms with Crippen molar-refractivity contribution in [1.82, 2.24) is 25.9 Å². The third kappa shape index (κ3) is 5.89. The molecule has 158 valence electrons. The zero-order valence-electron chi connectivity index (χ0n) is 17.2. The number of amides is 3. The largest absolute Gasteiger partial charge is 0.346 e. The van der Waals surface area contributed by atoms with E-state index in [2.05, 4.69) is 21.3 Å². The molecule has 0 fully saturated rings. The van der Waals surface area contributed by atoms with Gasteiger partial charge in [-0.2, -0.15) is 5.10 Å². The summed E-state index contributed by atoms with van der Waals surface area (Å²) in [5.41, 5.74) is 7.47. The second kappa shape index (κ2) is 10.0. The summed E-state index contributed by atoms with van der Waals surface area (Å²) >= 11 is 0. The number of para-hydroxylation sites is 1. The van der Waals surface area contributed by atoms with Crippen molar-refractivity contribution >= 4 is 23.8 Å². The fourth-order valence-corrected chi connectivity index (χ4v) is 2.75. The van der Waals surface area contributed by atoms with E-state index in [1.165, 1.54) is 6.08 Å².